The van der Waals surface area contributed by atoms with Crippen molar-refractivity contribution in [3.8, 4) is 22.6 Å². The Hall–Kier alpha value is -3.31. The molecule has 0 bridgehead atoms. The first-order chi connectivity index (χ1) is 18.7. The number of halogens is 4. The molecule has 3 fully saturated rings. The maximum atomic E-state index is 14.8. The number of rotatable bonds is 4. The lowest BCUT2D eigenvalue weighted by molar-refractivity contribution is -0.144. The first-order valence-corrected chi connectivity index (χ1v) is 13.4. The molecule has 1 saturated carbocycles. The molecular formula is C28H28F4N6O. The minimum Gasteiger partial charge on any atom is -0.381 e. The summed E-state index contributed by atoms with van der Waals surface area (Å²) in [5.74, 6) is -0.0162. The normalized spacial score (nSPS) is 23.8. The number of piperidine rings is 1. The van der Waals surface area contributed by atoms with Crippen molar-refractivity contribution in [3.63, 3.8) is 0 Å². The fourth-order valence-corrected chi connectivity index (χ4v) is 6.54. The van der Waals surface area contributed by atoms with Crippen LogP contribution in [-0.4, -0.2) is 51.0 Å². The molecule has 4 aromatic rings. The summed E-state index contributed by atoms with van der Waals surface area (Å²) in [4.78, 5) is 12.6. The van der Waals surface area contributed by atoms with Crippen molar-refractivity contribution in [1.82, 2.24) is 30.0 Å². The smallest absolute Gasteiger partial charge is 0.381 e. The van der Waals surface area contributed by atoms with Crippen LogP contribution in [0.4, 0.5) is 17.6 Å². The van der Waals surface area contributed by atoms with Crippen LogP contribution in [0, 0.1) is 18.7 Å². The molecule has 5 heterocycles. The van der Waals surface area contributed by atoms with Crippen LogP contribution in [0.2, 0.25) is 0 Å². The fraction of sp³-hybridized carbons (Fsp3) is 0.464. The number of aromatic nitrogens is 5. The second kappa shape index (κ2) is 8.85. The van der Waals surface area contributed by atoms with Gasteiger partial charge in [-0.05, 0) is 75.9 Å². The molecule has 2 atom stereocenters. The molecule has 11 heteroatoms. The van der Waals surface area contributed by atoms with Crippen LogP contribution in [0.25, 0.3) is 33.5 Å². The molecule has 1 aliphatic carbocycles. The molecule has 1 aromatic carbocycles. The highest BCUT2D eigenvalue weighted by atomic mass is 19.4. The summed E-state index contributed by atoms with van der Waals surface area (Å²) in [6.07, 6.45) is -0.242. The van der Waals surface area contributed by atoms with Crippen LogP contribution < -0.4 is 5.32 Å². The van der Waals surface area contributed by atoms with Crippen LogP contribution in [-0.2, 0) is 16.3 Å². The van der Waals surface area contributed by atoms with Gasteiger partial charge in [0.1, 0.15) is 5.82 Å². The van der Waals surface area contributed by atoms with Gasteiger partial charge in [-0.3, -0.25) is 4.68 Å². The number of fused-ring (bicyclic) bond motifs is 2. The number of aryl methyl sites for hydroxylation is 1. The van der Waals surface area contributed by atoms with E-state index in [-0.39, 0.29) is 40.2 Å². The van der Waals surface area contributed by atoms with Gasteiger partial charge in [0, 0.05) is 34.7 Å². The van der Waals surface area contributed by atoms with E-state index >= 15 is 0 Å². The molecule has 0 radical (unpaired) electrons. The van der Waals surface area contributed by atoms with Gasteiger partial charge in [0.25, 0.3) is 0 Å². The lowest BCUT2D eigenvalue weighted by Crippen LogP contribution is -2.31. The number of benzene rings is 1. The van der Waals surface area contributed by atoms with Crippen molar-refractivity contribution in [2.75, 3.05) is 26.3 Å². The molecule has 2 aliphatic heterocycles. The van der Waals surface area contributed by atoms with E-state index in [1.807, 2.05) is 0 Å². The highest BCUT2D eigenvalue weighted by Crippen LogP contribution is 2.59. The topological polar surface area (TPSA) is 80.6 Å². The third-order valence-corrected chi connectivity index (χ3v) is 8.62. The van der Waals surface area contributed by atoms with Crippen LogP contribution in [0.3, 0.4) is 0 Å². The van der Waals surface area contributed by atoms with E-state index in [9.17, 15) is 17.6 Å². The predicted octanol–water partition coefficient (Wildman–Crippen LogP) is 5.56. The molecule has 7 nitrogen and oxygen atoms in total. The zero-order valence-electron chi connectivity index (χ0n) is 21.4. The SMILES string of the molecule is Cc1nn(C2CCNCC2)c(C(F)(F)F)c1-c1cc([C@]23CCOC[C@H]2C3)nc(-c2cc(F)cc3[nH]ccc23)n1. The number of nitrogens with one attached hydrogen (secondary N) is 2. The Balaban J connectivity index is 1.47. The number of hydrogen-bond acceptors (Lipinski definition) is 5. The number of alkyl halides is 3. The fourth-order valence-electron chi connectivity index (χ4n) is 6.54. The summed E-state index contributed by atoms with van der Waals surface area (Å²) in [5, 5.41) is 8.34. The Morgan fingerprint density at radius 1 is 1.13 bits per heavy atom. The van der Waals surface area contributed by atoms with E-state index in [4.69, 9.17) is 14.7 Å². The van der Waals surface area contributed by atoms with Crippen molar-refractivity contribution in [3.05, 3.63) is 53.4 Å². The highest BCUT2D eigenvalue weighted by molar-refractivity contribution is 5.93. The molecule has 7 rings (SSSR count). The Bertz CT molecular complexity index is 1570. The maximum Gasteiger partial charge on any atom is 0.433 e. The monoisotopic (exact) mass is 540 g/mol. The third kappa shape index (κ3) is 4.05. The van der Waals surface area contributed by atoms with Gasteiger partial charge in [-0.1, -0.05) is 0 Å². The number of nitrogens with zero attached hydrogens (tertiary/aromatic N) is 4. The van der Waals surface area contributed by atoms with Crippen molar-refractivity contribution in [2.45, 2.75) is 50.2 Å². The van der Waals surface area contributed by atoms with Gasteiger partial charge in [0.2, 0.25) is 0 Å². The van der Waals surface area contributed by atoms with Crippen molar-refractivity contribution < 1.29 is 22.3 Å². The molecule has 204 valence electrons. The quantitative estimate of drug-likeness (QED) is 0.332. The van der Waals surface area contributed by atoms with Gasteiger partial charge in [-0.15, -0.1) is 0 Å². The lowest BCUT2D eigenvalue weighted by Gasteiger charge is -2.26. The average Bonchev–Trinajstić information content (AvgIpc) is 3.31. The zero-order chi connectivity index (χ0) is 26.9. The first-order valence-electron chi connectivity index (χ1n) is 13.4. The van der Waals surface area contributed by atoms with E-state index in [1.165, 1.54) is 12.1 Å². The summed E-state index contributed by atoms with van der Waals surface area (Å²) in [7, 11) is 0. The molecule has 0 spiro atoms. The molecular weight excluding hydrogens is 512 g/mol. The van der Waals surface area contributed by atoms with E-state index in [0.717, 1.165) is 17.5 Å². The second-order valence-electron chi connectivity index (χ2n) is 11.0. The summed E-state index contributed by atoms with van der Waals surface area (Å²) < 4.78 is 65.7. The van der Waals surface area contributed by atoms with Crippen LogP contribution in [0.15, 0.2) is 30.5 Å². The van der Waals surface area contributed by atoms with Crippen LogP contribution in [0.5, 0.6) is 0 Å². The second-order valence-corrected chi connectivity index (χ2v) is 11.0. The van der Waals surface area contributed by atoms with Gasteiger partial charge in [-0.2, -0.15) is 18.3 Å². The first kappa shape index (κ1) is 24.7. The third-order valence-electron chi connectivity index (χ3n) is 8.62. The summed E-state index contributed by atoms with van der Waals surface area (Å²) in [6.45, 7) is 4.03. The standard InChI is InChI=1S/C28H28F4N6O/c1-15-24(25(28(30,31)32)38(37-15)18-2-6-33-7-3-18)22-12-23(27-5-9-39-14-16(27)13-27)36-26(35-22)20-10-17(29)11-21-19(20)4-8-34-21/h4,8,10-12,16,18,33-34H,2-3,5-7,9,13-14H2,1H3/t16-,27+/m1/s1. The molecule has 3 aromatic heterocycles. The minimum absolute atomic E-state index is 0.0340. The summed E-state index contributed by atoms with van der Waals surface area (Å²) >= 11 is 0. The molecule has 3 aliphatic rings. The van der Waals surface area contributed by atoms with Crippen LogP contribution in [0.1, 0.15) is 48.8 Å². The molecule has 39 heavy (non-hydrogen) atoms. The maximum absolute atomic E-state index is 14.8. The van der Waals surface area contributed by atoms with E-state index in [2.05, 4.69) is 15.4 Å². The lowest BCUT2D eigenvalue weighted by atomic mass is 9.92. The van der Waals surface area contributed by atoms with Gasteiger partial charge < -0.3 is 15.0 Å². The van der Waals surface area contributed by atoms with Gasteiger partial charge in [0.05, 0.1) is 35.3 Å². The zero-order valence-corrected chi connectivity index (χ0v) is 21.4. The summed E-state index contributed by atoms with van der Waals surface area (Å²) in [5.41, 5.74) is 1.03. The average molecular weight is 541 g/mol. The van der Waals surface area contributed by atoms with Crippen LogP contribution >= 0.6 is 0 Å². The molecule has 0 unspecified atom stereocenters. The van der Waals surface area contributed by atoms with Crippen molar-refractivity contribution in [1.29, 1.82) is 0 Å². The van der Waals surface area contributed by atoms with E-state index in [0.29, 0.717) is 61.3 Å². The summed E-state index contributed by atoms with van der Waals surface area (Å²) in [6, 6.07) is 5.87. The molecule has 2 saturated heterocycles. The number of aromatic amines is 1. The Labute approximate surface area is 222 Å². The molecule has 2 N–H and O–H groups in total. The number of H-pyrrole nitrogens is 1. The molecule has 0 amide bonds. The van der Waals surface area contributed by atoms with Crippen molar-refractivity contribution >= 4 is 10.9 Å². The number of ether oxygens (including phenoxy) is 1. The van der Waals surface area contributed by atoms with E-state index in [1.54, 1.807) is 25.3 Å². The van der Waals surface area contributed by atoms with Gasteiger partial charge in [-0.25, -0.2) is 14.4 Å². The Morgan fingerprint density at radius 3 is 2.72 bits per heavy atom. The number of hydrogen-bond donors (Lipinski definition) is 2. The predicted molar refractivity (Wildman–Crippen MR) is 137 cm³/mol. The van der Waals surface area contributed by atoms with Gasteiger partial charge in [0.15, 0.2) is 11.5 Å². The minimum atomic E-state index is -4.64. The Kier molecular flexibility index (Phi) is 5.61. The highest BCUT2D eigenvalue weighted by Gasteiger charge is 2.58. The van der Waals surface area contributed by atoms with Gasteiger partial charge >= 0.3 is 6.18 Å². The van der Waals surface area contributed by atoms with Crippen molar-refractivity contribution in [2.24, 2.45) is 5.92 Å². The largest absolute Gasteiger partial charge is 0.433 e. The van der Waals surface area contributed by atoms with E-state index < -0.39 is 17.7 Å². The Morgan fingerprint density at radius 2 is 1.95 bits per heavy atom.